The van der Waals surface area contributed by atoms with E-state index in [1.165, 1.54) is 0 Å². The highest BCUT2D eigenvalue weighted by molar-refractivity contribution is 6.21. The quantitative estimate of drug-likeness (QED) is 0.467. The Hall–Kier alpha value is -2.17. The summed E-state index contributed by atoms with van der Waals surface area (Å²) in [4.78, 5) is 35.9. The van der Waals surface area contributed by atoms with Crippen molar-refractivity contribution in [1.82, 2.24) is 0 Å². The maximum atomic E-state index is 12.4. The molecule has 0 aliphatic carbocycles. The zero-order valence-electron chi connectivity index (χ0n) is 12.1. The summed E-state index contributed by atoms with van der Waals surface area (Å²) in [6.45, 7) is 5.31. The lowest BCUT2D eigenvalue weighted by molar-refractivity contribution is -0.157. The van der Waals surface area contributed by atoms with E-state index in [1.54, 1.807) is 26.0 Å². The second-order valence-electron chi connectivity index (χ2n) is 4.32. The second kappa shape index (κ2) is 6.84. The second-order valence-corrected chi connectivity index (χ2v) is 4.32. The Bertz CT molecular complexity index is 533. The summed E-state index contributed by atoms with van der Waals surface area (Å²) in [5, 5.41) is 0. The smallest absolute Gasteiger partial charge is 0.328 e. The summed E-state index contributed by atoms with van der Waals surface area (Å²) in [7, 11) is 1.13. The molecule has 0 saturated heterocycles. The summed E-state index contributed by atoms with van der Waals surface area (Å²) >= 11 is 0. The van der Waals surface area contributed by atoms with Crippen LogP contribution in [0.2, 0.25) is 0 Å². The van der Waals surface area contributed by atoms with Crippen molar-refractivity contribution >= 4 is 17.7 Å². The number of rotatable bonds is 5. The van der Waals surface area contributed by atoms with E-state index < -0.39 is 23.6 Å². The van der Waals surface area contributed by atoms with Crippen LogP contribution in [-0.4, -0.2) is 31.4 Å². The van der Waals surface area contributed by atoms with Crippen LogP contribution in [0.5, 0.6) is 0 Å². The van der Waals surface area contributed by atoms with Gasteiger partial charge < -0.3 is 9.47 Å². The molecule has 20 heavy (non-hydrogen) atoms. The molecule has 1 rings (SSSR count). The summed E-state index contributed by atoms with van der Waals surface area (Å²) < 4.78 is 9.31. The van der Waals surface area contributed by atoms with Gasteiger partial charge in [0.15, 0.2) is 5.78 Å². The van der Waals surface area contributed by atoms with Gasteiger partial charge >= 0.3 is 11.9 Å². The zero-order chi connectivity index (χ0) is 15.3. The number of carbonyl (C=O) groups is 3. The number of carbonyl (C=O) groups excluding carboxylic acids is 3. The molecule has 1 aromatic rings. The van der Waals surface area contributed by atoms with Crippen molar-refractivity contribution in [2.45, 2.75) is 20.8 Å². The molecule has 0 aliphatic heterocycles. The van der Waals surface area contributed by atoms with Gasteiger partial charge in [-0.1, -0.05) is 18.2 Å². The Morgan fingerprint density at radius 2 is 1.80 bits per heavy atom. The van der Waals surface area contributed by atoms with Gasteiger partial charge in [-0.05, 0) is 31.9 Å². The fraction of sp³-hybridized carbons (Fsp3) is 0.400. The number of esters is 2. The number of hydrogen-bond donors (Lipinski definition) is 0. The van der Waals surface area contributed by atoms with Crippen LogP contribution < -0.4 is 0 Å². The Labute approximate surface area is 117 Å². The molecule has 0 spiro atoms. The number of hydrogen-bond acceptors (Lipinski definition) is 5. The lowest BCUT2D eigenvalue weighted by Crippen LogP contribution is -2.34. The van der Waals surface area contributed by atoms with Gasteiger partial charge in [0, 0.05) is 5.56 Å². The Kier molecular flexibility index (Phi) is 5.43. The lowest BCUT2D eigenvalue weighted by atomic mass is 9.92. The molecule has 108 valence electrons. The van der Waals surface area contributed by atoms with Gasteiger partial charge in [-0.3, -0.25) is 14.4 Å². The molecule has 1 aromatic carbocycles. The minimum atomic E-state index is -1.57. The SMILES string of the molecule is CCOC(=O)C(C(=O)OC)C(=O)c1cccc(C)c1C. The minimum Gasteiger partial charge on any atom is -0.468 e. The largest absolute Gasteiger partial charge is 0.468 e. The molecular weight excluding hydrogens is 260 g/mol. The van der Waals surface area contributed by atoms with Crippen molar-refractivity contribution in [3.05, 3.63) is 34.9 Å². The van der Waals surface area contributed by atoms with Gasteiger partial charge in [-0.25, -0.2) is 0 Å². The first-order chi connectivity index (χ1) is 9.43. The summed E-state index contributed by atoms with van der Waals surface area (Å²) in [6, 6.07) is 5.14. The van der Waals surface area contributed by atoms with E-state index in [2.05, 4.69) is 4.74 Å². The first-order valence-electron chi connectivity index (χ1n) is 6.28. The van der Waals surface area contributed by atoms with Crippen LogP contribution in [0.15, 0.2) is 18.2 Å². The van der Waals surface area contributed by atoms with Gasteiger partial charge in [0.1, 0.15) is 0 Å². The molecule has 1 atom stereocenters. The highest BCUT2D eigenvalue weighted by Gasteiger charge is 2.37. The lowest BCUT2D eigenvalue weighted by Gasteiger charge is -2.14. The normalized spacial score (nSPS) is 11.6. The van der Waals surface area contributed by atoms with Gasteiger partial charge in [-0.15, -0.1) is 0 Å². The minimum absolute atomic E-state index is 0.0897. The van der Waals surface area contributed by atoms with E-state index in [0.29, 0.717) is 5.56 Å². The third-order valence-corrected chi connectivity index (χ3v) is 3.09. The van der Waals surface area contributed by atoms with Crippen molar-refractivity contribution < 1.29 is 23.9 Å². The topological polar surface area (TPSA) is 69.7 Å². The number of benzene rings is 1. The third-order valence-electron chi connectivity index (χ3n) is 3.09. The van der Waals surface area contributed by atoms with Crippen LogP contribution in [-0.2, 0) is 19.1 Å². The molecule has 5 nitrogen and oxygen atoms in total. The van der Waals surface area contributed by atoms with Crippen LogP contribution in [0, 0.1) is 19.8 Å². The average Bonchev–Trinajstić information content (AvgIpc) is 2.42. The number of methoxy groups -OCH3 is 1. The molecule has 1 unspecified atom stereocenters. The molecule has 5 heteroatoms. The summed E-state index contributed by atoms with van der Waals surface area (Å²) in [5.74, 6) is -3.96. The first kappa shape index (κ1) is 15.9. The Morgan fingerprint density at radius 1 is 1.15 bits per heavy atom. The molecular formula is C15H18O5. The Morgan fingerprint density at radius 3 is 2.35 bits per heavy atom. The molecule has 0 saturated carbocycles. The van der Waals surface area contributed by atoms with Crippen molar-refractivity contribution in [2.75, 3.05) is 13.7 Å². The van der Waals surface area contributed by atoms with Gasteiger partial charge in [0.05, 0.1) is 13.7 Å². The maximum absolute atomic E-state index is 12.4. The van der Waals surface area contributed by atoms with Crippen molar-refractivity contribution in [2.24, 2.45) is 5.92 Å². The highest BCUT2D eigenvalue weighted by Crippen LogP contribution is 2.19. The zero-order valence-corrected chi connectivity index (χ0v) is 12.1. The van der Waals surface area contributed by atoms with E-state index in [-0.39, 0.29) is 6.61 Å². The molecule has 0 fully saturated rings. The number of aryl methyl sites for hydroxylation is 1. The van der Waals surface area contributed by atoms with Crippen LogP contribution in [0.25, 0.3) is 0 Å². The van der Waals surface area contributed by atoms with Gasteiger partial charge in [0.2, 0.25) is 5.92 Å². The predicted molar refractivity (Wildman–Crippen MR) is 72.4 cm³/mol. The summed E-state index contributed by atoms with van der Waals surface area (Å²) in [5.41, 5.74) is 1.97. The van der Waals surface area contributed by atoms with Crippen LogP contribution >= 0.6 is 0 Å². The predicted octanol–water partition coefficient (Wildman–Crippen LogP) is 1.84. The van der Waals surface area contributed by atoms with Crippen molar-refractivity contribution in [3.63, 3.8) is 0 Å². The fourth-order valence-electron chi connectivity index (χ4n) is 1.83. The first-order valence-corrected chi connectivity index (χ1v) is 6.28. The highest BCUT2D eigenvalue weighted by atomic mass is 16.5. The fourth-order valence-corrected chi connectivity index (χ4v) is 1.83. The number of Topliss-reactive ketones (excluding diaryl/α,β-unsaturated/α-hetero) is 1. The van der Waals surface area contributed by atoms with E-state index in [4.69, 9.17) is 4.74 Å². The monoisotopic (exact) mass is 278 g/mol. The van der Waals surface area contributed by atoms with Crippen LogP contribution in [0.4, 0.5) is 0 Å². The van der Waals surface area contributed by atoms with Crippen molar-refractivity contribution in [1.29, 1.82) is 0 Å². The maximum Gasteiger partial charge on any atom is 0.328 e. The molecule has 0 amide bonds. The van der Waals surface area contributed by atoms with Crippen LogP contribution in [0.1, 0.15) is 28.4 Å². The van der Waals surface area contributed by atoms with Crippen LogP contribution in [0.3, 0.4) is 0 Å². The van der Waals surface area contributed by atoms with E-state index in [9.17, 15) is 14.4 Å². The summed E-state index contributed by atoms with van der Waals surface area (Å²) in [6.07, 6.45) is 0. The van der Waals surface area contributed by atoms with Crippen molar-refractivity contribution in [3.8, 4) is 0 Å². The molecule has 0 N–H and O–H groups in total. The molecule has 0 aromatic heterocycles. The Balaban J connectivity index is 3.20. The molecule has 0 radical (unpaired) electrons. The molecule has 0 heterocycles. The average molecular weight is 278 g/mol. The van der Waals surface area contributed by atoms with E-state index in [0.717, 1.165) is 18.2 Å². The molecule has 0 bridgehead atoms. The standard InChI is InChI=1S/C15H18O5/c1-5-20-15(18)12(14(17)19-4)13(16)11-8-6-7-9(2)10(11)3/h6-8,12H,5H2,1-4H3. The van der Waals surface area contributed by atoms with Gasteiger partial charge in [-0.2, -0.15) is 0 Å². The third kappa shape index (κ3) is 3.23. The number of ketones is 1. The van der Waals surface area contributed by atoms with E-state index >= 15 is 0 Å². The van der Waals surface area contributed by atoms with Gasteiger partial charge in [0.25, 0.3) is 0 Å². The molecule has 0 aliphatic rings. The number of ether oxygens (including phenoxy) is 2. The van der Waals surface area contributed by atoms with E-state index in [1.807, 2.05) is 13.0 Å².